The second kappa shape index (κ2) is 6.51. The second-order valence-corrected chi connectivity index (χ2v) is 4.59. The Morgan fingerprint density at radius 3 is 2.57 bits per heavy atom. The number of hydrogen-bond acceptors (Lipinski definition) is 4. The Hall–Kier alpha value is -2.18. The van der Waals surface area contributed by atoms with Gasteiger partial charge in [-0.1, -0.05) is 35.9 Å². The summed E-state index contributed by atoms with van der Waals surface area (Å²) < 4.78 is 19.3. The van der Waals surface area contributed by atoms with Crippen LogP contribution in [0.3, 0.4) is 0 Å². The third kappa shape index (κ3) is 3.29. The quantitative estimate of drug-likeness (QED) is 0.678. The third-order valence-electron chi connectivity index (χ3n) is 2.85. The van der Waals surface area contributed by atoms with E-state index in [1.165, 1.54) is 12.1 Å². The van der Waals surface area contributed by atoms with Crippen LogP contribution in [0, 0.1) is 15.9 Å². The first-order valence-corrected chi connectivity index (χ1v) is 6.35. The first kappa shape index (κ1) is 15.2. The number of benzene rings is 2. The van der Waals surface area contributed by atoms with Crippen LogP contribution in [0.1, 0.15) is 11.1 Å². The molecule has 0 bridgehead atoms. The molecule has 0 aliphatic carbocycles. The maximum atomic E-state index is 13.9. The summed E-state index contributed by atoms with van der Waals surface area (Å²) in [5, 5.41) is 20.2. The largest absolute Gasteiger partial charge is 0.487 e. The Morgan fingerprint density at radius 1 is 1.24 bits per heavy atom. The van der Waals surface area contributed by atoms with Crippen molar-refractivity contribution in [3.8, 4) is 5.75 Å². The zero-order valence-electron chi connectivity index (χ0n) is 10.8. The first-order valence-electron chi connectivity index (χ1n) is 5.97. The van der Waals surface area contributed by atoms with E-state index in [0.717, 1.165) is 6.07 Å². The van der Waals surface area contributed by atoms with Crippen molar-refractivity contribution in [2.45, 2.75) is 13.2 Å². The molecule has 0 aliphatic heterocycles. The molecule has 21 heavy (non-hydrogen) atoms. The van der Waals surface area contributed by atoms with Gasteiger partial charge in [0.05, 0.1) is 16.6 Å². The fraction of sp³-hybridized carbons (Fsp3) is 0.143. The Balaban J connectivity index is 2.25. The van der Waals surface area contributed by atoms with Crippen LogP contribution < -0.4 is 4.74 Å². The van der Waals surface area contributed by atoms with Crippen LogP contribution in [0.15, 0.2) is 36.4 Å². The molecule has 0 heterocycles. The van der Waals surface area contributed by atoms with Gasteiger partial charge in [-0.25, -0.2) is 0 Å². The van der Waals surface area contributed by atoms with Crippen molar-refractivity contribution < 1.29 is 19.2 Å². The Bertz CT molecular complexity index is 678. The second-order valence-electron chi connectivity index (χ2n) is 4.18. The van der Waals surface area contributed by atoms with Gasteiger partial charge < -0.3 is 9.84 Å². The molecule has 0 atom stereocenters. The number of rotatable bonds is 5. The van der Waals surface area contributed by atoms with Crippen molar-refractivity contribution in [1.29, 1.82) is 0 Å². The van der Waals surface area contributed by atoms with E-state index in [0.29, 0.717) is 5.56 Å². The molecule has 0 amide bonds. The van der Waals surface area contributed by atoms with E-state index in [9.17, 15) is 19.6 Å². The van der Waals surface area contributed by atoms with Crippen LogP contribution in [0.4, 0.5) is 10.1 Å². The summed E-state index contributed by atoms with van der Waals surface area (Å²) in [6, 6.07) is 8.67. The molecule has 0 spiro atoms. The van der Waals surface area contributed by atoms with E-state index >= 15 is 0 Å². The molecular formula is C14H11ClFNO4. The normalized spacial score (nSPS) is 10.4. The minimum absolute atomic E-state index is 0.0352. The van der Waals surface area contributed by atoms with Gasteiger partial charge in [-0.2, -0.15) is 4.39 Å². The lowest BCUT2D eigenvalue weighted by molar-refractivity contribution is -0.387. The molecule has 7 heteroatoms. The fourth-order valence-electron chi connectivity index (χ4n) is 1.81. The van der Waals surface area contributed by atoms with Crippen molar-refractivity contribution in [1.82, 2.24) is 0 Å². The molecule has 2 rings (SSSR count). The van der Waals surface area contributed by atoms with Crippen LogP contribution in [0.5, 0.6) is 5.75 Å². The monoisotopic (exact) mass is 311 g/mol. The van der Waals surface area contributed by atoms with Crippen LogP contribution in [-0.4, -0.2) is 10.0 Å². The van der Waals surface area contributed by atoms with E-state index in [1.54, 1.807) is 18.2 Å². The number of nitrogens with zero attached hydrogens (tertiary/aromatic N) is 1. The Morgan fingerprint density at radius 2 is 1.90 bits per heavy atom. The van der Waals surface area contributed by atoms with Gasteiger partial charge in [0.25, 0.3) is 0 Å². The number of aliphatic hydroxyl groups excluding tert-OH is 1. The maximum absolute atomic E-state index is 13.9. The molecule has 0 aromatic heterocycles. The van der Waals surface area contributed by atoms with Crippen LogP contribution in [0.25, 0.3) is 0 Å². The number of halogens is 2. The summed E-state index contributed by atoms with van der Waals surface area (Å²) in [6.07, 6.45) is 0. The predicted octanol–water partition coefficient (Wildman–Crippen LogP) is 3.46. The Kier molecular flexibility index (Phi) is 4.72. The summed E-state index contributed by atoms with van der Waals surface area (Å²) in [4.78, 5) is 9.88. The average Bonchev–Trinajstić information content (AvgIpc) is 2.46. The number of ether oxygens (including phenoxy) is 1. The summed E-state index contributed by atoms with van der Waals surface area (Å²) in [5.74, 6) is -0.715. The number of nitro benzene ring substituents is 1. The highest BCUT2D eigenvalue weighted by atomic mass is 35.5. The van der Waals surface area contributed by atoms with Gasteiger partial charge in [0.2, 0.25) is 5.82 Å². The zero-order chi connectivity index (χ0) is 15.4. The van der Waals surface area contributed by atoms with Gasteiger partial charge in [-0.3, -0.25) is 10.1 Å². The average molecular weight is 312 g/mol. The van der Waals surface area contributed by atoms with Gasteiger partial charge in [0.15, 0.2) is 0 Å². The lowest BCUT2D eigenvalue weighted by Gasteiger charge is -2.12. The first-order chi connectivity index (χ1) is 10.0. The van der Waals surface area contributed by atoms with Gasteiger partial charge in [0.1, 0.15) is 12.4 Å². The molecule has 2 aromatic rings. The number of nitro groups is 1. The van der Waals surface area contributed by atoms with Crippen LogP contribution >= 0.6 is 11.6 Å². The number of hydrogen-bond donors (Lipinski definition) is 1. The molecule has 0 aliphatic rings. The topological polar surface area (TPSA) is 72.6 Å². The lowest BCUT2D eigenvalue weighted by atomic mass is 10.2. The Labute approximate surface area is 124 Å². The third-order valence-corrected chi connectivity index (χ3v) is 3.14. The predicted molar refractivity (Wildman–Crippen MR) is 74.8 cm³/mol. The molecule has 110 valence electrons. The molecule has 0 unspecified atom stereocenters. The summed E-state index contributed by atoms with van der Waals surface area (Å²) in [5.41, 5.74) is -0.126. The van der Waals surface area contributed by atoms with Gasteiger partial charge in [-0.05, 0) is 6.07 Å². The van der Waals surface area contributed by atoms with Crippen molar-refractivity contribution >= 4 is 17.3 Å². The lowest BCUT2D eigenvalue weighted by Crippen LogP contribution is -2.03. The van der Waals surface area contributed by atoms with Gasteiger partial charge in [-0.15, -0.1) is 0 Å². The minimum atomic E-state index is -0.944. The standard InChI is InChI=1S/C14H11ClFNO4/c15-11-5-1-3-9(7-18)14(11)21-8-10-4-2-6-12(13(10)16)17(19)20/h1-6,18H,7-8H2. The molecule has 0 radical (unpaired) electrons. The maximum Gasteiger partial charge on any atom is 0.305 e. The molecule has 0 fully saturated rings. The van der Waals surface area contributed by atoms with Crippen molar-refractivity contribution in [2.24, 2.45) is 0 Å². The highest BCUT2D eigenvalue weighted by molar-refractivity contribution is 6.32. The van der Waals surface area contributed by atoms with Gasteiger partial charge >= 0.3 is 5.69 Å². The van der Waals surface area contributed by atoms with E-state index < -0.39 is 16.4 Å². The smallest absolute Gasteiger partial charge is 0.305 e. The molecule has 0 saturated heterocycles. The molecule has 5 nitrogen and oxygen atoms in total. The van der Waals surface area contributed by atoms with Crippen molar-refractivity contribution in [3.05, 3.63) is 68.5 Å². The van der Waals surface area contributed by atoms with E-state index in [2.05, 4.69) is 0 Å². The minimum Gasteiger partial charge on any atom is -0.487 e. The number of aliphatic hydroxyl groups is 1. The molecule has 0 saturated carbocycles. The van der Waals surface area contributed by atoms with E-state index in [-0.39, 0.29) is 29.5 Å². The highest BCUT2D eigenvalue weighted by Crippen LogP contribution is 2.30. The van der Waals surface area contributed by atoms with Crippen LogP contribution in [0.2, 0.25) is 5.02 Å². The fourth-order valence-corrected chi connectivity index (χ4v) is 2.06. The van der Waals surface area contributed by atoms with Gasteiger partial charge in [0, 0.05) is 17.2 Å². The number of para-hydroxylation sites is 1. The summed E-state index contributed by atoms with van der Waals surface area (Å²) in [6.45, 7) is -0.516. The summed E-state index contributed by atoms with van der Waals surface area (Å²) >= 11 is 5.96. The van der Waals surface area contributed by atoms with E-state index in [4.69, 9.17) is 16.3 Å². The van der Waals surface area contributed by atoms with Crippen molar-refractivity contribution in [2.75, 3.05) is 0 Å². The SMILES string of the molecule is O=[N+]([O-])c1cccc(COc2c(Cl)cccc2CO)c1F. The van der Waals surface area contributed by atoms with E-state index in [1.807, 2.05) is 0 Å². The summed E-state index contributed by atoms with van der Waals surface area (Å²) in [7, 11) is 0. The highest BCUT2D eigenvalue weighted by Gasteiger charge is 2.18. The molecular weight excluding hydrogens is 301 g/mol. The molecule has 1 N–H and O–H groups in total. The zero-order valence-corrected chi connectivity index (χ0v) is 11.5. The molecule has 2 aromatic carbocycles. The van der Waals surface area contributed by atoms with Crippen LogP contribution in [-0.2, 0) is 13.2 Å². The van der Waals surface area contributed by atoms with Crippen molar-refractivity contribution in [3.63, 3.8) is 0 Å².